The zero-order valence-corrected chi connectivity index (χ0v) is 12.7. The van der Waals surface area contributed by atoms with Crippen LogP contribution in [-0.2, 0) is 0 Å². The lowest BCUT2D eigenvalue weighted by atomic mass is 10.2. The summed E-state index contributed by atoms with van der Waals surface area (Å²) in [7, 11) is 0. The predicted molar refractivity (Wildman–Crippen MR) is 83.5 cm³/mol. The van der Waals surface area contributed by atoms with Gasteiger partial charge in [0.15, 0.2) is 4.96 Å². The summed E-state index contributed by atoms with van der Waals surface area (Å²) in [5.41, 5.74) is 1.51. The maximum Gasteiger partial charge on any atom is 0.271 e. The molecule has 108 valence electrons. The fourth-order valence-electron chi connectivity index (χ4n) is 1.93. The number of nitrogens with one attached hydrogen (secondary N) is 1. The third-order valence-corrected chi connectivity index (χ3v) is 4.05. The number of hydrogen-bond acceptors (Lipinski definition) is 4. The van der Waals surface area contributed by atoms with Crippen molar-refractivity contribution in [2.45, 2.75) is 13.8 Å². The third-order valence-electron chi connectivity index (χ3n) is 3.01. The molecule has 1 N–H and O–H groups in total. The van der Waals surface area contributed by atoms with Crippen molar-refractivity contribution in [3.05, 3.63) is 42.6 Å². The molecule has 0 spiro atoms. The lowest BCUT2D eigenvalue weighted by molar-refractivity contribution is 0.0944. The van der Waals surface area contributed by atoms with Crippen LogP contribution in [0.3, 0.4) is 0 Å². The van der Waals surface area contributed by atoms with Crippen molar-refractivity contribution < 1.29 is 4.79 Å². The molecule has 0 aromatic carbocycles. The number of nitrogens with zero attached hydrogens (tertiary/aromatic N) is 3. The van der Waals surface area contributed by atoms with Crippen molar-refractivity contribution in [2.75, 3.05) is 6.54 Å². The number of rotatable bonds is 4. The van der Waals surface area contributed by atoms with Crippen LogP contribution in [0.15, 0.2) is 36.9 Å². The summed E-state index contributed by atoms with van der Waals surface area (Å²) in [5, 5.41) is 2.88. The molecule has 0 radical (unpaired) electrons. The van der Waals surface area contributed by atoms with Crippen molar-refractivity contribution in [1.29, 1.82) is 0 Å². The normalized spacial score (nSPS) is 11.2. The van der Waals surface area contributed by atoms with Gasteiger partial charge in [0.25, 0.3) is 5.91 Å². The molecule has 5 nitrogen and oxygen atoms in total. The van der Waals surface area contributed by atoms with Crippen molar-refractivity contribution >= 4 is 22.2 Å². The van der Waals surface area contributed by atoms with Gasteiger partial charge in [-0.15, -0.1) is 0 Å². The molecule has 3 aromatic heterocycles. The molecular formula is C15H16N4OS. The highest BCUT2D eigenvalue weighted by Gasteiger charge is 2.13. The average molecular weight is 300 g/mol. The number of fused-ring (bicyclic) bond motifs is 1. The second-order valence-electron chi connectivity index (χ2n) is 5.26. The Bertz CT molecular complexity index is 729. The number of carbonyl (C=O) groups is 1. The second-order valence-corrected chi connectivity index (χ2v) is 6.27. The molecule has 0 saturated carbocycles. The first-order chi connectivity index (χ1) is 10.1. The maximum absolute atomic E-state index is 12.0. The van der Waals surface area contributed by atoms with Crippen LogP contribution in [0, 0.1) is 5.92 Å². The van der Waals surface area contributed by atoms with Crippen molar-refractivity contribution in [1.82, 2.24) is 19.7 Å². The minimum absolute atomic E-state index is 0.123. The van der Waals surface area contributed by atoms with E-state index in [0.29, 0.717) is 18.2 Å². The first-order valence-electron chi connectivity index (χ1n) is 6.80. The van der Waals surface area contributed by atoms with E-state index in [4.69, 9.17) is 0 Å². The van der Waals surface area contributed by atoms with E-state index in [9.17, 15) is 4.79 Å². The van der Waals surface area contributed by atoms with Crippen LogP contribution < -0.4 is 5.32 Å². The van der Waals surface area contributed by atoms with Gasteiger partial charge in [0.2, 0.25) is 0 Å². The molecule has 3 heterocycles. The van der Waals surface area contributed by atoms with Crippen LogP contribution in [0.1, 0.15) is 24.3 Å². The van der Waals surface area contributed by atoms with Crippen molar-refractivity contribution in [3.63, 3.8) is 0 Å². The van der Waals surface area contributed by atoms with Crippen LogP contribution in [-0.4, -0.2) is 26.8 Å². The van der Waals surface area contributed by atoms with Crippen LogP contribution >= 0.6 is 11.3 Å². The summed E-state index contributed by atoms with van der Waals surface area (Å²) in [6.45, 7) is 4.78. The van der Waals surface area contributed by atoms with Crippen molar-refractivity contribution in [2.24, 2.45) is 5.92 Å². The van der Waals surface area contributed by atoms with E-state index < -0.39 is 0 Å². The largest absolute Gasteiger partial charge is 0.350 e. The molecular weight excluding hydrogens is 284 g/mol. The van der Waals surface area contributed by atoms with E-state index in [2.05, 4.69) is 29.1 Å². The van der Waals surface area contributed by atoms with Crippen LogP contribution in [0.4, 0.5) is 0 Å². The number of hydrogen-bond donors (Lipinski definition) is 1. The van der Waals surface area contributed by atoms with E-state index >= 15 is 0 Å². The Labute approximate surface area is 126 Å². The molecule has 0 aliphatic rings. The van der Waals surface area contributed by atoms with Crippen molar-refractivity contribution in [3.8, 4) is 10.4 Å². The minimum Gasteiger partial charge on any atom is -0.350 e. The number of amides is 1. The topological polar surface area (TPSA) is 59.3 Å². The second kappa shape index (κ2) is 5.65. The first-order valence-corrected chi connectivity index (χ1v) is 7.62. The summed E-state index contributed by atoms with van der Waals surface area (Å²) in [6.07, 6.45) is 7.31. The summed E-state index contributed by atoms with van der Waals surface area (Å²) in [4.78, 5) is 22.4. The van der Waals surface area contributed by atoms with Gasteiger partial charge < -0.3 is 5.32 Å². The Morgan fingerprint density at radius 3 is 2.95 bits per heavy atom. The molecule has 3 aromatic rings. The van der Waals surface area contributed by atoms with Crippen LogP contribution in [0.5, 0.6) is 0 Å². The van der Waals surface area contributed by atoms with Crippen LogP contribution in [0.2, 0.25) is 0 Å². The monoisotopic (exact) mass is 300 g/mol. The number of aromatic nitrogens is 3. The predicted octanol–water partition coefficient (Wildman–Crippen LogP) is 2.84. The molecule has 0 unspecified atom stereocenters. The van der Waals surface area contributed by atoms with Gasteiger partial charge in [0.05, 0.1) is 4.88 Å². The molecule has 21 heavy (non-hydrogen) atoms. The lowest BCUT2D eigenvalue weighted by Gasteiger charge is -2.04. The number of carbonyl (C=O) groups excluding carboxylic acids is 1. The molecule has 0 bridgehead atoms. The zero-order valence-electron chi connectivity index (χ0n) is 11.9. The van der Waals surface area contributed by atoms with Gasteiger partial charge in [-0.2, -0.15) is 0 Å². The molecule has 0 aliphatic heterocycles. The highest BCUT2D eigenvalue weighted by atomic mass is 32.1. The fourth-order valence-corrected chi connectivity index (χ4v) is 2.89. The molecule has 0 atom stereocenters. The van der Waals surface area contributed by atoms with E-state index in [0.717, 1.165) is 15.4 Å². The van der Waals surface area contributed by atoms with E-state index in [1.165, 1.54) is 0 Å². The van der Waals surface area contributed by atoms with E-state index in [-0.39, 0.29) is 5.91 Å². The summed E-state index contributed by atoms with van der Waals surface area (Å²) in [5.74, 6) is 0.303. The Kier molecular flexibility index (Phi) is 3.70. The summed E-state index contributed by atoms with van der Waals surface area (Å²) in [6, 6.07) is 3.91. The number of thiazole rings is 1. The van der Waals surface area contributed by atoms with Gasteiger partial charge in [-0.3, -0.25) is 14.2 Å². The minimum atomic E-state index is -0.123. The summed E-state index contributed by atoms with van der Waals surface area (Å²) < 4.78 is 1.89. The Balaban J connectivity index is 1.83. The maximum atomic E-state index is 12.0. The van der Waals surface area contributed by atoms with Gasteiger partial charge >= 0.3 is 0 Å². The molecule has 0 aliphatic carbocycles. The zero-order chi connectivity index (χ0) is 14.8. The van der Waals surface area contributed by atoms with Gasteiger partial charge in [0.1, 0.15) is 5.69 Å². The number of pyridine rings is 1. The summed E-state index contributed by atoms with van der Waals surface area (Å²) >= 11 is 1.54. The first kappa shape index (κ1) is 13.8. The molecule has 3 rings (SSSR count). The number of imidazole rings is 1. The van der Waals surface area contributed by atoms with Gasteiger partial charge in [-0.1, -0.05) is 31.3 Å². The Morgan fingerprint density at radius 2 is 2.29 bits per heavy atom. The quantitative estimate of drug-likeness (QED) is 0.806. The Hall–Kier alpha value is -2.21. The van der Waals surface area contributed by atoms with Crippen LogP contribution in [0.25, 0.3) is 15.4 Å². The molecule has 0 saturated heterocycles. The molecule has 6 heteroatoms. The fraction of sp³-hybridized carbons (Fsp3) is 0.267. The highest BCUT2D eigenvalue weighted by molar-refractivity contribution is 7.20. The SMILES string of the molecule is CC(C)CNC(=O)c1cn2cc(-c3cccnc3)sc2n1. The van der Waals surface area contributed by atoms with E-state index in [1.807, 2.05) is 28.9 Å². The third kappa shape index (κ3) is 2.95. The Morgan fingerprint density at radius 1 is 1.43 bits per heavy atom. The van der Waals surface area contributed by atoms with Gasteiger partial charge in [-0.05, 0) is 12.0 Å². The smallest absolute Gasteiger partial charge is 0.271 e. The molecule has 0 fully saturated rings. The average Bonchev–Trinajstić information content (AvgIpc) is 3.04. The molecule has 1 amide bonds. The standard InChI is InChI=1S/C15H16N4OS/c1-10(2)6-17-14(20)12-8-19-9-13(21-15(19)18-12)11-4-3-5-16-7-11/h3-5,7-10H,6H2,1-2H3,(H,17,20). The van der Waals surface area contributed by atoms with Gasteiger partial charge in [0, 0.05) is 36.9 Å². The highest BCUT2D eigenvalue weighted by Crippen LogP contribution is 2.27. The lowest BCUT2D eigenvalue weighted by Crippen LogP contribution is -2.27. The van der Waals surface area contributed by atoms with E-state index in [1.54, 1.807) is 23.7 Å². The van der Waals surface area contributed by atoms with Gasteiger partial charge in [-0.25, -0.2) is 4.98 Å².